The third-order valence-corrected chi connectivity index (χ3v) is 3.57. The number of hydrogen-bond donors (Lipinski definition) is 1. The quantitative estimate of drug-likeness (QED) is 0.865. The molecule has 100 valence electrons. The Morgan fingerprint density at radius 3 is 2.84 bits per heavy atom. The standard InChI is InChI=1S/C13H11BrClNO3/c1-18-13(17)11-5-4-10(19-11)12(16)8-6-7(15)2-3-9(8)14/h2-6,12H,16H2,1H3. The summed E-state index contributed by atoms with van der Waals surface area (Å²) in [6, 6.07) is 7.96. The van der Waals surface area contributed by atoms with E-state index in [0.29, 0.717) is 10.8 Å². The molecule has 0 spiro atoms. The van der Waals surface area contributed by atoms with Crippen LogP contribution in [0.4, 0.5) is 0 Å². The van der Waals surface area contributed by atoms with E-state index in [9.17, 15) is 4.79 Å². The Labute approximate surface area is 123 Å². The number of esters is 1. The number of benzene rings is 1. The van der Waals surface area contributed by atoms with Crippen molar-refractivity contribution in [2.24, 2.45) is 5.73 Å². The molecule has 1 aromatic carbocycles. The first-order valence-corrected chi connectivity index (χ1v) is 6.58. The number of halogens is 2. The van der Waals surface area contributed by atoms with Crippen LogP contribution in [0.15, 0.2) is 39.2 Å². The molecule has 6 heteroatoms. The lowest BCUT2D eigenvalue weighted by Gasteiger charge is -2.11. The summed E-state index contributed by atoms with van der Waals surface area (Å²) in [5.74, 6) is 0.0399. The van der Waals surface area contributed by atoms with Crippen LogP contribution in [-0.4, -0.2) is 13.1 Å². The lowest BCUT2D eigenvalue weighted by Crippen LogP contribution is -2.11. The molecule has 1 unspecified atom stereocenters. The Bertz CT molecular complexity index is 612. The van der Waals surface area contributed by atoms with Crippen LogP contribution in [0.25, 0.3) is 0 Å². The average Bonchev–Trinajstić information content (AvgIpc) is 2.89. The topological polar surface area (TPSA) is 65.5 Å². The number of carbonyl (C=O) groups excluding carboxylic acids is 1. The van der Waals surface area contributed by atoms with Gasteiger partial charge in [0.2, 0.25) is 5.76 Å². The van der Waals surface area contributed by atoms with Gasteiger partial charge >= 0.3 is 5.97 Å². The Kier molecular flexibility index (Phi) is 4.29. The first-order valence-electron chi connectivity index (χ1n) is 5.41. The largest absolute Gasteiger partial charge is 0.463 e. The van der Waals surface area contributed by atoms with E-state index < -0.39 is 12.0 Å². The van der Waals surface area contributed by atoms with Gasteiger partial charge in [-0.25, -0.2) is 4.79 Å². The molecule has 4 nitrogen and oxygen atoms in total. The highest BCUT2D eigenvalue weighted by Gasteiger charge is 2.19. The van der Waals surface area contributed by atoms with Crippen LogP contribution in [0.2, 0.25) is 5.02 Å². The van der Waals surface area contributed by atoms with Crippen molar-refractivity contribution < 1.29 is 13.9 Å². The van der Waals surface area contributed by atoms with Gasteiger partial charge in [0, 0.05) is 9.50 Å². The molecule has 0 bridgehead atoms. The molecule has 0 saturated carbocycles. The summed E-state index contributed by atoms with van der Waals surface area (Å²) in [4.78, 5) is 11.3. The van der Waals surface area contributed by atoms with Crippen molar-refractivity contribution in [3.05, 3.63) is 56.9 Å². The number of furan rings is 1. The highest BCUT2D eigenvalue weighted by atomic mass is 79.9. The van der Waals surface area contributed by atoms with E-state index in [4.69, 9.17) is 21.8 Å². The molecule has 1 heterocycles. The van der Waals surface area contributed by atoms with Gasteiger partial charge in [-0.15, -0.1) is 0 Å². The maximum absolute atomic E-state index is 11.3. The first-order chi connectivity index (χ1) is 9.02. The second kappa shape index (κ2) is 5.77. The number of hydrogen-bond acceptors (Lipinski definition) is 4. The predicted molar refractivity (Wildman–Crippen MR) is 75.2 cm³/mol. The minimum absolute atomic E-state index is 0.117. The van der Waals surface area contributed by atoms with Gasteiger partial charge < -0.3 is 14.9 Å². The van der Waals surface area contributed by atoms with Crippen molar-refractivity contribution in [3.8, 4) is 0 Å². The zero-order valence-corrected chi connectivity index (χ0v) is 12.4. The van der Waals surface area contributed by atoms with Crippen LogP contribution in [0.5, 0.6) is 0 Å². The summed E-state index contributed by atoms with van der Waals surface area (Å²) < 4.78 is 10.8. The zero-order chi connectivity index (χ0) is 14.0. The van der Waals surface area contributed by atoms with E-state index >= 15 is 0 Å². The molecule has 1 atom stereocenters. The molecule has 0 aliphatic heterocycles. The van der Waals surface area contributed by atoms with Crippen molar-refractivity contribution in [1.29, 1.82) is 0 Å². The average molecular weight is 345 g/mol. The Morgan fingerprint density at radius 2 is 2.16 bits per heavy atom. The Morgan fingerprint density at radius 1 is 1.42 bits per heavy atom. The van der Waals surface area contributed by atoms with Gasteiger partial charge in [0.25, 0.3) is 0 Å². The molecular formula is C13H11BrClNO3. The monoisotopic (exact) mass is 343 g/mol. The van der Waals surface area contributed by atoms with Gasteiger partial charge in [-0.05, 0) is 35.9 Å². The van der Waals surface area contributed by atoms with E-state index in [2.05, 4.69) is 20.7 Å². The van der Waals surface area contributed by atoms with E-state index in [1.54, 1.807) is 18.2 Å². The third-order valence-electron chi connectivity index (χ3n) is 2.61. The molecule has 2 N–H and O–H groups in total. The van der Waals surface area contributed by atoms with E-state index in [-0.39, 0.29) is 5.76 Å². The van der Waals surface area contributed by atoms with Crippen LogP contribution in [0.1, 0.15) is 27.9 Å². The molecule has 0 amide bonds. The van der Waals surface area contributed by atoms with Crippen molar-refractivity contribution in [2.45, 2.75) is 6.04 Å². The second-order valence-electron chi connectivity index (χ2n) is 3.84. The van der Waals surface area contributed by atoms with Gasteiger partial charge in [-0.3, -0.25) is 0 Å². The van der Waals surface area contributed by atoms with Gasteiger partial charge in [0.1, 0.15) is 5.76 Å². The molecule has 19 heavy (non-hydrogen) atoms. The normalized spacial score (nSPS) is 12.2. The second-order valence-corrected chi connectivity index (χ2v) is 5.13. The number of methoxy groups -OCH3 is 1. The lowest BCUT2D eigenvalue weighted by atomic mass is 10.1. The predicted octanol–water partition coefficient (Wildman–Crippen LogP) is 3.53. The van der Waals surface area contributed by atoms with Gasteiger partial charge in [-0.2, -0.15) is 0 Å². The van der Waals surface area contributed by atoms with Crippen LogP contribution in [0.3, 0.4) is 0 Å². The summed E-state index contributed by atoms with van der Waals surface area (Å²) in [5.41, 5.74) is 6.88. The molecule has 0 aliphatic carbocycles. The first kappa shape index (κ1) is 14.1. The molecule has 0 saturated heterocycles. The van der Waals surface area contributed by atoms with Gasteiger partial charge in [-0.1, -0.05) is 27.5 Å². The number of nitrogens with two attached hydrogens (primary N) is 1. The third kappa shape index (κ3) is 3.00. The molecule has 0 fully saturated rings. The molecule has 2 aromatic rings. The fraction of sp³-hybridized carbons (Fsp3) is 0.154. The number of carbonyl (C=O) groups is 1. The summed E-state index contributed by atoms with van der Waals surface area (Å²) in [5, 5.41) is 0.577. The maximum Gasteiger partial charge on any atom is 0.373 e. The van der Waals surface area contributed by atoms with Gasteiger partial charge in [0.05, 0.1) is 13.2 Å². The Balaban J connectivity index is 2.33. The fourth-order valence-corrected chi connectivity index (χ4v) is 2.31. The molecule has 1 aromatic heterocycles. The van der Waals surface area contributed by atoms with Crippen LogP contribution >= 0.6 is 27.5 Å². The smallest absolute Gasteiger partial charge is 0.373 e. The van der Waals surface area contributed by atoms with Crippen LogP contribution in [0, 0.1) is 0 Å². The molecule has 0 radical (unpaired) electrons. The van der Waals surface area contributed by atoms with Crippen molar-refractivity contribution in [1.82, 2.24) is 0 Å². The summed E-state index contributed by atoms with van der Waals surface area (Å²) in [7, 11) is 1.29. The Hall–Kier alpha value is -1.30. The maximum atomic E-state index is 11.3. The fourth-order valence-electron chi connectivity index (χ4n) is 1.64. The van der Waals surface area contributed by atoms with Crippen molar-refractivity contribution in [3.63, 3.8) is 0 Å². The molecule has 2 rings (SSSR count). The summed E-state index contributed by atoms with van der Waals surface area (Å²) in [6.45, 7) is 0. The zero-order valence-electron chi connectivity index (χ0n) is 10.0. The number of ether oxygens (including phenoxy) is 1. The highest BCUT2D eigenvalue weighted by molar-refractivity contribution is 9.10. The van der Waals surface area contributed by atoms with E-state index in [0.717, 1.165) is 10.0 Å². The van der Waals surface area contributed by atoms with E-state index in [1.165, 1.54) is 13.2 Å². The highest BCUT2D eigenvalue weighted by Crippen LogP contribution is 2.30. The minimum Gasteiger partial charge on any atom is -0.463 e. The van der Waals surface area contributed by atoms with Crippen molar-refractivity contribution >= 4 is 33.5 Å². The molecule has 0 aliphatic rings. The number of rotatable bonds is 3. The van der Waals surface area contributed by atoms with Gasteiger partial charge in [0.15, 0.2) is 0 Å². The summed E-state index contributed by atoms with van der Waals surface area (Å²) in [6.07, 6.45) is 0. The minimum atomic E-state index is -0.538. The van der Waals surface area contributed by atoms with Crippen LogP contribution < -0.4 is 5.73 Å². The summed E-state index contributed by atoms with van der Waals surface area (Å²) >= 11 is 9.35. The van der Waals surface area contributed by atoms with Crippen molar-refractivity contribution in [2.75, 3.05) is 7.11 Å². The van der Waals surface area contributed by atoms with Crippen LogP contribution in [-0.2, 0) is 4.74 Å². The molecular weight excluding hydrogens is 334 g/mol. The SMILES string of the molecule is COC(=O)c1ccc(C(N)c2cc(Cl)ccc2Br)o1. The lowest BCUT2D eigenvalue weighted by molar-refractivity contribution is 0.0562. The van der Waals surface area contributed by atoms with E-state index in [1.807, 2.05) is 6.07 Å².